The van der Waals surface area contributed by atoms with Crippen LogP contribution in [-0.4, -0.2) is 0 Å². The lowest BCUT2D eigenvalue weighted by Crippen LogP contribution is -2.01. The van der Waals surface area contributed by atoms with Gasteiger partial charge in [-0.3, -0.25) is 0 Å². The van der Waals surface area contributed by atoms with E-state index in [-0.39, 0.29) is 0 Å². The molecule has 0 spiro atoms. The average Bonchev–Trinajstić information content (AvgIpc) is 2.24. The molecule has 0 radical (unpaired) electrons. The summed E-state index contributed by atoms with van der Waals surface area (Å²) in [6.07, 6.45) is 0. The predicted molar refractivity (Wildman–Crippen MR) is 40.1 cm³/mol. The number of hydrogen-bond acceptors (Lipinski definition) is 8. The minimum atomic E-state index is -3.15. The Kier molecular flexibility index (Phi) is 49.4. The Labute approximate surface area is 83.9 Å². The van der Waals surface area contributed by atoms with Crippen molar-refractivity contribution in [1.29, 1.82) is 0 Å². The van der Waals surface area contributed by atoms with Crippen molar-refractivity contribution < 1.29 is 38.8 Å². The summed E-state index contributed by atoms with van der Waals surface area (Å²) in [5.41, 5.74) is 0. The maximum absolute atomic E-state index is 8.87. The van der Waals surface area contributed by atoms with Crippen molar-refractivity contribution in [1.82, 2.24) is 0 Å². The maximum atomic E-state index is 8.87. The summed E-state index contributed by atoms with van der Waals surface area (Å²) in [6.45, 7) is 8.00. The molecule has 0 aromatic heterocycles. The van der Waals surface area contributed by atoms with Crippen molar-refractivity contribution in [3.05, 3.63) is 0 Å². The summed E-state index contributed by atoms with van der Waals surface area (Å²) in [7, 11) is -6.31. The zero-order valence-corrected chi connectivity index (χ0v) is 9.95. The van der Waals surface area contributed by atoms with Crippen molar-refractivity contribution in [3.8, 4) is 0 Å². The second-order valence-corrected chi connectivity index (χ2v) is 1.79. The summed E-state index contributed by atoms with van der Waals surface area (Å²) in [5, 5.41) is 17.1. The van der Waals surface area contributed by atoms with E-state index in [4.69, 9.17) is 29.4 Å². The lowest BCUT2D eigenvalue weighted by molar-refractivity contribution is -0.644. The van der Waals surface area contributed by atoms with E-state index in [0.29, 0.717) is 0 Å². The number of hydrogen-bond donors (Lipinski definition) is 0. The van der Waals surface area contributed by atoms with E-state index in [2.05, 4.69) is 9.35 Å². The highest BCUT2D eigenvalue weighted by atomic mass is 31.1. The van der Waals surface area contributed by atoms with Crippen molar-refractivity contribution in [3.63, 3.8) is 0 Å². The largest absolute Gasteiger partial charge is 0.674 e. The Balaban J connectivity index is -0.0000000528. The maximum Gasteiger partial charge on any atom is 0.479 e. The molecule has 0 aromatic carbocycles. The molecular formula is C4H12O8P2-2. The Morgan fingerprint density at radius 1 is 0.786 bits per heavy atom. The summed E-state index contributed by atoms with van der Waals surface area (Å²) in [6, 6.07) is 0. The first-order valence-corrected chi connectivity index (χ1v) is 5.62. The highest BCUT2D eigenvalue weighted by Gasteiger charge is 1.81. The van der Waals surface area contributed by atoms with Crippen LogP contribution in [0.5, 0.6) is 0 Å². The lowest BCUT2D eigenvalue weighted by atomic mass is 11.0. The molecule has 8 nitrogen and oxygen atoms in total. The first kappa shape index (κ1) is 23.6. The van der Waals surface area contributed by atoms with E-state index in [9.17, 15) is 0 Å². The molecule has 0 aromatic rings. The van der Waals surface area contributed by atoms with E-state index in [1.807, 2.05) is 27.7 Å². The predicted octanol–water partition coefficient (Wildman–Crippen LogP) is -1.36. The zero-order valence-electron chi connectivity index (χ0n) is 8.16. The normalized spacial score (nSPS) is 8.86. The van der Waals surface area contributed by atoms with Crippen molar-refractivity contribution >= 4 is 16.5 Å². The minimum Gasteiger partial charge on any atom is -0.674 e. The van der Waals surface area contributed by atoms with Gasteiger partial charge in [-0.15, -0.1) is 0 Å². The van der Waals surface area contributed by atoms with Crippen LogP contribution in [0.3, 0.4) is 0 Å². The third-order valence-corrected chi connectivity index (χ3v) is 0.365. The fraction of sp³-hybridized carbons (Fsp3) is 1.00. The molecule has 0 amide bonds. The molecule has 0 aliphatic heterocycles. The van der Waals surface area contributed by atoms with Gasteiger partial charge < -0.3 is 20.3 Å². The van der Waals surface area contributed by atoms with Gasteiger partial charge in [-0.2, -0.15) is 0 Å². The van der Waals surface area contributed by atoms with Gasteiger partial charge >= 0.3 is 16.5 Å². The van der Waals surface area contributed by atoms with E-state index in [0.717, 1.165) is 0 Å². The zero-order chi connectivity index (χ0) is 12.6. The topological polar surface area (TPSA) is 145 Å². The van der Waals surface area contributed by atoms with Crippen LogP contribution in [0.25, 0.3) is 0 Å². The van der Waals surface area contributed by atoms with Gasteiger partial charge in [0.25, 0.3) is 0 Å². The van der Waals surface area contributed by atoms with Gasteiger partial charge in [0.05, 0.1) is 0 Å². The van der Waals surface area contributed by atoms with Gasteiger partial charge in [0, 0.05) is 0 Å². The van der Waals surface area contributed by atoms with Crippen LogP contribution in [0.4, 0.5) is 0 Å². The molecular weight excluding hydrogens is 238 g/mol. The fourth-order valence-corrected chi connectivity index (χ4v) is 0. The molecule has 0 heterocycles. The Morgan fingerprint density at radius 2 is 0.857 bits per heavy atom. The highest BCUT2D eigenvalue weighted by molar-refractivity contribution is 7.30. The Hall–Kier alpha value is -0.0400. The SMILES string of the molecule is CC.CC.O=[P+]([O-])O[O-].O=[P+]([O-])O[O-]. The molecule has 0 fully saturated rings. The first-order valence-electron chi connectivity index (χ1n) is 3.43. The van der Waals surface area contributed by atoms with Gasteiger partial charge in [0.2, 0.25) is 0 Å². The molecule has 2 unspecified atom stereocenters. The Morgan fingerprint density at radius 3 is 0.857 bits per heavy atom. The highest BCUT2D eigenvalue weighted by Crippen LogP contribution is 1.99. The van der Waals surface area contributed by atoms with Crippen LogP contribution in [0.15, 0.2) is 0 Å². The minimum absolute atomic E-state index is 2.00. The molecule has 0 aliphatic rings. The standard InChI is InChI=1S/2C2H6.2HO4P/c2*1-2;2*1-4-5(2)3/h2*1-2H3;2*1H/p-2. The van der Waals surface area contributed by atoms with Crippen molar-refractivity contribution in [2.75, 3.05) is 0 Å². The van der Waals surface area contributed by atoms with Gasteiger partial charge in [0.15, 0.2) is 0 Å². The van der Waals surface area contributed by atoms with Crippen LogP contribution in [0.1, 0.15) is 27.7 Å². The molecule has 88 valence electrons. The van der Waals surface area contributed by atoms with Crippen LogP contribution < -0.4 is 20.3 Å². The van der Waals surface area contributed by atoms with E-state index >= 15 is 0 Å². The van der Waals surface area contributed by atoms with Gasteiger partial charge in [0.1, 0.15) is 0 Å². The molecule has 0 aliphatic carbocycles. The molecule has 0 rings (SSSR count). The molecule has 0 bridgehead atoms. The molecule has 0 saturated heterocycles. The summed E-state index contributed by atoms with van der Waals surface area (Å²) in [4.78, 5) is 17.7. The van der Waals surface area contributed by atoms with Crippen LogP contribution in [0, 0.1) is 0 Å². The van der Waals surface area contributed by atoms with E-state index < -0.39 is 16.5 Å². The quantitative estimate of drug-likeness (QED) is 0.332. The molecule has 14 heavy (non-hydrogen) atoms. The van der Waals surface area contributed by atoms with Gasteiger partial charge in [-0.05, 0) is 9.13 Å². The average molecular weight is 250 g/mol. The molecule has 0 N–H and O–H groups in total. The van der Waals surface area contributed by atoms with Gasteiger partial charge in [-0.1, -0.05) is 27.7 Å². The van der Waals surface area contributed by atoms with E-state index in [1.54, 1.807) is 0 Å². The van der Waals surface area contributed by atoms with E-state index in [1.165, 1.54) is 0 Å². The molecule has 10 heteroatoms. The second-order valence-electron chi connectivity index (χ2n) is 0.596. The third-order valence-electron chi connectivity index (χ3n) is 0.122. The second kappa shape index (κ2) is 29.3. The molecule has 0 saturated carbocycles. The van der Waals surface area contributed by atoms with Crippen LogP contribution in [-0.2, 0) is 18.5 Å². The van der Waals surface area contributed by atoms with Crippen molar-refractivity contribution in [2.24, 2.45) is 0 Å². The monoisotopic (exact) mass is 250 g/mol. The summed E-state index contributed by atoms with van der Waals surface area (Å²) >= 11 is 0. The Bertz CT molecular complexity index is 104. The summed E-state index contributed by atoms with van der Waals surface area (Å²) in [5.74, 6) is 0. The van der Waals surface area contributed by atoms with Crippen molar-refractivity contribution in [2.45, 2.75) is 27.7 Å². The van der Waals surface area contributed by atoms with Crippen LogP contribution in [0.2, 0.25) is 0 Å². The third kappa shape index (κ3) is 91.6. The fourth-order valence-electron chi connectivity index (χ4n) is 0. The lowest BCUT2D eigenvalue weighted by Gasteiger charge is -1.84. The van der Waals surface area contributed by atoms with Gasteiger partial charge in [-0.25, -0.2) is 9.35 Å². The molecule has 2 atom stereocenters. The summed E-state index contributed by atoms with van der Waals surface area (Å²) < 4.78 is 22.6. The van der Waals surface area contributed by atoms with Crippen LogP contribution >= 0.6 is 16.5 Å². The number of rotatable bonds is 2. The first-order chi connectivity index (χ1) is 6.54. The smallest absolute Gasteiger partial charge is 0.479 e.